The van der Waals surface area contributed by atoms with E-state index in [1.807, 2.05) is 0 Å². The number of halogens is 1. The third-order valence-electron chi connectivity index (χ3n) is 6.04. The van der Waals surface area contributed by atoms with Crippen LogP contribution in [-0.2, 0) is 15.2 Å². The van der Waals surface area contributed by atoms with Crippen LogP contribution in [0.5, 0.6) is 0 Å². The molecule has 0 aromatic carbocycles. The van der Waals surface area contributed by atoms with E-state index in [2.05, 4.69) is 15.6 Å². The molecule has 162 valence electrons. The molecule has 2 fully saturated rings. The first kappa shape index (κ1) is 21.9. The molecule has 11 heteroatoms. The molecule has 1 aromatic rings. The van der Waals surface area contributed by atoms with Crippen LogP contribution in [0.2, 0.25) is 0 Å². The maximum absolute atomic E-state index is 13.1. The number of nitrogens with zero attached hydrogens (tertiary/aromatic N) is 4. The summed E-state index contributed by atoms with van der Waals surface area (Å²) in [6.45, 7) is 3.73. The largest absolute Gasteiger partial charge is 0.384 e. The van der Waals surface area contributed by atoms with Crippen LogP contribution in [0, 0.1) is 0 Å². The van der Waals surface area contributed by atoms with Crippen molar-refractivity contribution in [3.8, 4) is 0 Å². The van der Waals surface area contributed by atoms with Gasteiger partial charge < -0.3 is 21.3 Å². The molecule has 2 amide bonds. The number of nitrogens with one attached hydrogen (secondary N) is 1. The lowest BCUT2D eigenvalue weighted by Gasteiger charge is -2.45. The highest BCUT2D eigenvalue weighted by Crippen LogP contribution is 2.39. The zero-order valence-electron chi connectivity index (χ0n) is 16.7. The van der Waals surface area contributed by atoms with Crippen molar-refractivity contribution >= 4 is 23.6 Å². The molecule has 2 aliphatic rings. The van der Waals surface area contributed by atoms with E-state index in [1.165, 1.54) is 6.20 Å². The van der Waals surface area contributed by atoms with Crippen LogP contribution in [0.4, 0.5) is 0 Å². The van der Waals surface area contributed by atoms with Gasteiger partial charge in [0, 0.05) is 18.3 Å². The van der Waals surface area contributed by atoms with E-state index in [0.29, 0.717) is 31.5 Å². The molecule has 1 aliphatic heterocycles. The molecule has 1 saturated heterocycles. The van der Waals surface area contributed by atoms with Gasteiger partial charge in [0.05, 0.1) is 29.5 Å². The summed E-state index contributed by atoms with van der Waals surface area (Å²) < 4.78 is 2.62. The van der Waals surface area contributed by atoms with E-state index < -0.39 is 35.1 Å². The normalized spacial score (nSPS) is 25.6. The van der Waals surface area contributed by atoms with Crippen molar-refractivity contribution < 1.29 is 19.8 Å². The molecule has 3 atom stereocenters. The first-order valence-electron chi connectivity index (χ1n) is 9.91. The fourth-order valence-corrected chi connectivity index (χ4v) is 4.78. The summed E-state index contributed by atoms with van der Waals surface area (Å²) in [7, 11) is 0. The number of carbonyl (C=O) groups excluding carboxylic acids is 2. The predicted molar refractivity (Wildman–Crippen MR) is 104 cm³/mol. The highest BCUT2D eigenvalue weighted by atomic mass is 35.5. The Balaban J connectivity index is 1.77. The van der Waals surface area contributed by atoms with Crippen LogP contribution in [0.3, 0.4) is 0 Å². The summed E-state index contributed by atoms with van der Waals surface area (Å²) in [5.41, 5.74) is 3.57. The van der Waals surface area contributed by atoms with Gasteiger partial charge in [0.25, 0.3) is 5.91 Å². The summed E-state index contributed by atoms with van der Waals surface area (Å²) in [5, 5.41) is 31.9. The summed E-state index contributed by atoms with van der Waals surface area (Å²) in [4.78, 5) is 24.9. The van der Waals surface area contributed by atoms with Crippen LogP contribution in [-0.4, -0.2) is 65.7 Å². The van der Waals surface area contributed by atoms with Crippen molar-refractivity contribution in [2.75, 3.05) is 6.54 Å². The van der Waals surface area contributed by atoms with E-state index in [-0.39, 0.29) is 6.04 Å². The van der Waals surface area contributed by atoms with E-state index in [4.69, 9.17) is 17.5 Å². The Morgan fingerprint density at radius 2 is 2.07 bits per heavy atom. The number of aromatic nitrogens is 3. The summed E-state index contributed by atoms with van der Waals surface area (Å²) >= 11 is 6.46. The van der Waals surface area contributed by atoms with Gasteiger partial charge in [-0.3, -0.25) is 9.59 Å². The topological polar surface area (TPSA) is 147 Å². The van der Waals surface area contributed by atoms with Gasteiger partial charge in [-0.2, -0.15) is 0 Å². The highest BCUT2D eigenvalue weighted by Gasteiger charge is 2.50. The number of aliphatic hydroxyl groups excluding tert-OH is 1. The molecular formula is C18H29ClN6O4. The lowest BCUT2D eigenvalue weighted by atomic mass is 9.77. The number of aliphatic hydroxyl groups is 2. The highest BCUT2D eigenvalue weighted by molar-refractivity contribution is 6.22. The van der Waals surface area contributed by atoms with Gasteiger partial charge in [-0.25, -0.2) is 9.10 Å². The number of carbonyl (C=O) groups is 2. The average Bonchev–Trinajstić information content (AvgIpc) is 3.35. The Bertz CT molecular complexity index is 758. The molecule has 0 spiro atoms. The lowest BCUT2D eigenvalue weighted by Crippen LogP contribution is -2.62. The number of amides is 2. The number of primary amides is 1. The Morgan fingerprint density at radius 3 is 2.66 bits per heavy atom. The minimum atomic E-state index is -1.53. The SMILES string of the molecule is CC(C)(O)c1cnnn1[C@@H]1CN[C@H](C(=O)N(Cl)C2(C(O)C(N)=O)CCCCC2)C1. The van der Waals surface area contributed by atoms with Crippen LogP contribution < -0.4 is 11.1 Å². The number of hydrogen-bond acceptors (Lipinski definition) is 7. The zero-order chi connectivity index (χ0) is 21.4. The first-order valence-corrected chi connectivity index (χ1v) is 10.3. The van der Waals surface area contributed by atoms with E-state index in [1.54, 1.807) is 18.5 Å². The predicted octanol–water partition coefficient (Wildman–Crippen LogP) is -0.0600. The van der Waals surface area contributed by atoms with Crippen molar-refractivity contribution in [2.24, 2.45) is 5.73 Å². The van der Waals surface area contributed by atoms with Gasteiger partial charge in [-0.05, 0) is 33.1 Å². The Morgan fingerprint density at radius 1 is 1.41 bits per heavy atom. The molecule has 1 unspecified atom stereocenters. The van der Waals surface area contributed by atoms with Crippen molar-refractivity contribution in [1.82, 2.24) is 24.7 Å². The fourth-order valence-electron chi connectivity index (χ4n) is 4.41. The second-order valence-corrected chi connectivity index (χ2v) is 8.90. The molecule has 0 radical (unpaired) electrons. The summed E-state index contributed by atoms with van der Waals surface area (Å²) in [6, 6.07) is -0.809. The molecule has 1 aromatic heterocycles. The lowest BCUT2D eigenvalue weighted by molar-refractivity contribution is -0.145. The molecular weight excluding hydrogens is 400 g/mol. The third-order valence-corrected chi connectivity index (χ3v) is 6.54. The van der Waals surface area contributed by atoms with Gasteiger partial charge in [0.2, 0.25) is 5.91 Å². The van der Waals surface area contributed by atoms with Gasteiger partial charge in [0.15, 0.2) is 6.10 Å². The first-order chi connectivity index (χ1) is 13.6. The Hall–Kier alpha value is -1.75. The fraction of sp³-hybridized carbons (Fsp3) is 0.778. The van der Waals surface area contributed by atoms with E-state index >= 15 is 0 Å². The van der Waals surface area contributed by atoms with Crippen molar-refractivity contribution in [1.29, 1.82) is 0 Å². The van der Waals surface area contributed by atoms with Gasteiger partial charge >= 0.3 is 0 Å². The molecule has 3 rings (SSSR count). The van der Waals surface area contributed by atoms with Gasteiger partial charge in [-0.15, -0.1) is 5.10 Å². The van der Waals surface area contributed by atoms with Crippen LogP contribution in [0.25, 0.3) is 0 Å². The van der Waals surface area contributed by atoms with Crippen molar-refractivity contribution in [3.63, 3.8) is 0 Å². The standard InChI is InChI=1S/C18H29ClN6O4/c1-17(2,29)13-10-22-23-24(13)11-8-12(21-9-11)16(28)25(19)18(14(26)15(20)27)6-4-3-5-7-18/h10-12,14,21,26,29H,3-9H2,1-2H3,(H2,20,27)/t11-,12-,14?/m0/s1. The van der Waals surface area contributed by atoms with Crippen molar-refractivity contribution in [2.45, 2.75) is 81.7 Å². The molecule has 29 heavy (non-hydrogen) atoms. The van der Waals surface area contributed by atoms with Crippen LogP contribution >= 0.6 is 11.8 Å². The molecule has 1 aliphatic carbocycles. The molecule has 2 heterocycles. The van der Waals surface area contributed by atoms with E-state index in [9.17, 15) is 19.8 Å². The Kier molecular flexibility index (Phi) is 6.19. The van der Waals surface area contributed by atoms with Crippen LogP contribution in [0.1, 0.15) is 64.1 Å². The third kappa shape index (κ3) is 4.11. The smallest absolute Gasteiger partial charge is 0.254 e. The number of hydrogen-bond donors (Lipinski definition) is 4. The monoisotopic (exact) mass is 428 g/mol. The molecule has 10 nitrogen and oxygen atoms in total. The molecule has 0 bridgehead atoms. The second-order valence-electron chi connectivity index (χ2n) is 8.56. The van der Waals surface area contributed by atoms with E-state index in [0.717, 1.165) is 23.7 Å². The Labute approximate surface area is 174 Å². The number of nitrogens with two attached hydrogens (primary N) is 1. The zero-order valence-corrected chi connectivity index (χ0v) is 17.5. The minimum Gasteiger partial charge on any atom is -0.384 e. The average molecular weight is 429 g/mol. The maximum atomic E-state index is 13.1. The maximum Gasteiger partial charge on any atom is 0.254 e. The minimum absolute atomic E-state index is 0.193. The second kappa shape index (κ2) is 8.17. The van der Waals surface area contributed by atoms with Crippen LogP contribution in [0.15, 0.2) is 6.20 Å². The number of rotatable bonds is 6. The van der Waals surface area contributed by atoms with Crippen molar-refractivity contribution in [3.05, 3.63) is 11.9 Å². The molecule has 1 saturated carbocycles. The molecule has 5 N–H and O–H groups in total. The van der Waals surface area contributed by atoms with Gasteiger partial charge in [0.1, 0.15) is 5.60 Å². The summed E-state index contributed by atoms with van der Waals surface area (Å²) in [6.07, 6.45) is 3.62. The van der Waals surface area contributed by atoms with Gasteiger partial charge in [-0.1, -0.05) is 24.5 Å². The summed E-state index contributed by atoms with van der Waals surface area (Å²) in [5.74, 6) is -1.30. The quantitative estimate of drug-likeness (QED) is 0.464.